The first-order chi connectivity index (χ1) is 12.1. The third-order valence-corrected chi connectivity index (χ3v) is 12.9. The maximum atomic E-state index is 13.0. The zero-order valence-electron chi connectivity index (χ0n) is 17.5. The fraction of sp³-hybridized carbons (Fsp3) is 0.667. The Bertz CT molecular complexity index is 748. The van der Waals surface area contributed by atoms with Gasteiger partial charge in [0.1, 0.15) is 0 Å². The smallest absolute Gasteiger partial charge is 0.211 e. The van der Waals surface area contributed by atoms with Crippen LogP contribution in [0.5, 0.6) is 0 Å². The first-order valence-electron chi connectivity index (χ1n) is 9.40. The molecule has 1 rings (SSSR count). The molecule has 0 fully saturated rings. The number of rotatable bonds is 11. The number of benzene rings is 1. The van der Waals surface area contributed by atoms with Gasteiger partial charge in [-0.2, -0.15) is 0 Å². The molecule has 0 saturated heterocycles. The van der Waals surface area contributed by atoms with E-state index in [4.69, 9.17) is 0 Å². The summed E-state index contributed by atoms with van der Waals surface area (Å²) in [6.07, 6.45) is 0.388. The Balaban J connectivity index is 3.07. The Labute approximate surface area is 168 Å². The van der Waals surface area contributed by atoms with Crippen molar-refractivity contribution in [2.45, 2.75) is 57.8 Å². The first kappa shape index (κ1) is 24.6. The highest BCUT2D eigenvalue weighted by Gasteiger charge is 2.35. The van der Waals surface area contributed by atoms with E-state index in [1.807, 2.05) is 30.3 Å². The van der Waals surface area contributed by atoms with E-state index in [0.29, 0.717) is 18.5 Å². The monoisotopic (exact) mass is 449 g/mol. The highest BCUT2D eigenvalue weighted by Crippen LogP contribution is 2.20. The number of sulfonamides is 2. The van der Waals surface area contributed by atoms with Gasteiger partial charge in [0, 0.05) is 22.7 Å². The molecule has 0 N–H and O–H groups in total. The molecule has 0 spiro atoms. The van der Waals surface area contributed by atoms with Crippen LogP contribution in [0.25, 0.3) is 0 Å². The lowest BCUT2D eigenvalue weighted by molar-refractivity contribution is 0.499. The van der Waals surface area contributed by atoms with Crippen LogP contribution in [0.15, 0.2) is 30.3 Å². The van der Waals surface area contributed by atoms with Gasteiger partial charge in [0.2, 0.25) is 20.0 Å². The summed E-state index contributed by atoms with van der Waals surface area (Å²) < 4.78 is 52.6. The van der Waals surface area contributed by atoms with Crippen LogP contribution in [0.2, 0.25) is 51.4 Å². The van der Waals surface area contributed by atoms with Crippen LogP contribution in [0.1, 0.15) is 5.56 Å². The predicted molar refractivity (Wildman–Crippen MR) is 121 cm³/mol. The van der Waals surface area contributed by atoms with E-state index in [1.165, 1.54) is 0 Å². The number of hydrogen-bond acceptors (Lipinski definition) is 4. The summed E-state index contributed by atoms with van der Waals surface area (Å²) >= 11 is 0. The molecule has 0 unspecified atom stereocenters. The van der Waals surface area contributed by atoms with E-state index in [1.54, 1.807) is 0 Å². The quantitative estimate of drug-likeness (QED) is 0.481. The second-order valence-electron chi connectivity index (χ2n) is 9.49. The van der Waals surface area contributed by atoms with Crippen molar-refractivity contribution in [2.24, 2.45) is 0 Å². The minimum absolute atomic E-state index is 0.0217. The highest BCUT2D eigenvalue weighted by atomic mass is 32.3. The summed E-state index contributed by atoms with van der Waals surface area (Å²) in [6, 6.07) is 10.5. The number of hydrogen-bond donors (Lipinski definition) is 0. The lowest BCUT2D eigenvalue weighted by Crippen LogP contribution is -2.43. The zero-order chi connectivity index (χ0) is 20.9. The average Bonchev–Trinajstić information content (AvgIpc) is 2.51. The maximum Gasteiger partial charge on any atom is 0.226 e. The van der Waals surface area contributed by atoms with Crippen LogP contribution < -0.4 is 0 Å². The van der Waals surface area contributed by atoms with Crippen molar-refractivity contribution in [3.63, 3.8) is 0 Å². The van der Waals surface area contributed by atoms with Gasteiger partial charge < -0.3 is 0 Å². The third kappa shape index (κ3) is 9.51. The molecule has 0 bridgehead atoms. The van der Waals surface area contributed by atoms with E-state index < -0.39 is 36.2 Å². The van der Waals surface area contributed by atoms with Crippen LogP contribution in [-0.2, 0) is 26.5 Å². The molecule has 0 aliphatic rings. The second-order valence-corrected chi connectivity index (χ2v) is 25.0. The second kappa shape index (κ2) is 9.34. The van der Waals surface area contributed by atoms with Crippen molar-refractivity contribution in [3.8, 4) is 0 Å². The van der Waals surface area contributed by atoms with Crippen LogP contribution in [0, 0.1) is 0 Å². The largest absolute Gasteiger partial charge is 0.226 e. The lowest BCUT2D eigenvalue weighted by atomic mass is 10.2. The summed E-state index contributed by atoms with van der Waals surface area (Å²) in [5.41, 5.74) is 0.934. The van der Waals surface area contributed by atoms with Gasteiger partial charge in [-0.3, -0.25) is 0 Å². The molecule has 9 heteroatoms. The molecule has 5 nitrogen and oxygen atoms in total. The molecule has 0 aliphatic carbocycles. The Hall–Kier alpha value is -0.486. The molecule has 0 atom stereocenters. The summed E-state index contributed by atoms with van der Waals surface area (Å²) in [7, 11) is -10.9. The van der Waals surface area contributed by atoms with Crippen LogP contribution in [0.4, 0.5) is 0 Å². The molecule has 0 aromatic heterocycles. The van der Waals surface area contributed by atoms with Gasteiger partial charge >= 0.3 is 0 Å². The van der Waals surface area contributed by atoms with Gasteiger partial charge in [0.15, 0.2) is 0 Å². The minimum atomic E-state index is -3.86. The molecule has 0 aliphatic heterocycles. The van der Waals surface area contributed by atoms with Crippen molar-refractivity contribution in [2.75, 3.05) is 18.1 Å². The summed E-state index contributed by atoms with van der Waals surface area (Å²) in [5.74, 6) is -0.187. The van der Waals surface area contributed by atoms with Gasteiger partial charge in [-0.25, -0.2) is 16.8 Å². The van der Waals surface area contributed by atoms with E-state index in [9.17, 15) is 16.8 Å². The lowest BCUT2D eigenvalue weighted by Gasteiger charge is -2.25. The van der Waals surface area contributed by atoms with Gasteiger partial charge in [-0.15, -0.1) is 0 Å². The van der Waals surface area contributed by atoms with Gasteiger partial charge in [-0.1, -0.05) is 73.3 Å². The summed E-state index contributed by atoms with van der Waals surface area (Å²) in [4.78, 5) is 0. The van der Waals surface area contributed by atoms with Gasteiger partial charge in [-0.05, 0) is 24.1 Å². The molecular weight excluding hydrogens is 415 g/mol. The van der Waals surface area contributed by atoms with Gasteiger partial charge in [0.25, 0.3) is 0 Å². The predicted octanol–water partition coefficient (Wildman–Crippen LogP) is 3.87. The molecular formula is C18H35NO4S2Si2. The van der Waals surface area contributed by atoms with Crippen LogP contribution in [0.3, 0.4) is 0 Å². The molecule has 0 saturated carbocycles. The average molecular weight is 450 g/mol. The third-order valence-electron chi connectivity index (χ3n) is 4.27. The van der Waals surface area contributed by atoms with Crippen LogP contribution >= 0.6 is 0 Å². The summed E-state index contributed by atoms with van der Waals surface area (Å²) in [6.45, 7) is 12.5. The molecule has 156 valence electrons. The fourth-order valence-corrected chi connectivity index (χ4v) is 12.3. The van der Waals surface area contributed by atoms with Crippen molar-refractivity contribution in [3.05, 3.63) is 35.9 Å². The van der Waals surface area contributed by atoms with Crippen molar-refractivity contribution in [1.82, 2.24) is 3.71 Å². The normalized spacial score (nSPS) is 13.9. The topological polar surface area (TPSA) is 71.5 Å². The standard InChI is InChI=1S/C18H35NO4S2Si2/c1-26(2,3)16-14-24(20,21)19(13-12-18-10-8-7-9-11-18)25(22,23)15-17-27(4,5)6/h7-11H,12-17H2,1-6H3. The molecule has 27 heavy (non-hydrogen) atoms. The Morgan fingerprint density at radius 3 is 1.52 bits per heavy atom. The molecule has 1 aromatic carbocycles. The molecule has 1 aromatic rings. The van der Waals surface area contributed by atoms with Crippen molar-refractivity contribution >= 4 is 36.2 Å². The maximum absolute atomic E-state index is 13.0. The molecule has 0 heterocycles. The minimum Gasteiger partial charge on any atom is -0.211 e. The van der Waals surface area contributed by atoms with E-state index in [2.05, 4.69) is 39.3 Å². The molecule has 0 radical (unpaired) electrons. The van der Waals surface area contributed by atoms with E-state index >= 15 is 0 Å². The zero-order valence-corrected chi connectivity index (χ0v) is 21.2. The SMILES string of the molecule is C[Si](C)(C)CCS(=O)(=O)N(CCc1ccccc1)S(=O)(=O)CC[Si](C)(C)C. The Morgan fingerprint density at radius 1 is 0.741 bits per heavy atom. The first-order valence-corrected chi connectivity index (χ1v) is 20.0. The Morgan fingerprint density at radius 2 is 1.15 bits per heavy atom. The van der Waals surface area contributed by atoms with E-state index in [-0.39, 0.29) is 18.1 Å². The van der Waals surface area contributed by atoms with Crippen molar-refractivity contribution < 1.29 is 16.8 Å². The van der Waals surface area contributed by atoms with Crippen molar-refractivity contribution in [1.29, 1.82) is 0 Å². The van der Waals surface area contributed by atoms with Crippen LogP contribution in [-0.4, -0.2) is 54.7 Å². The molecule has 0 amide bonds. The highest BCUT2D eigenvalue weighted by molar-refractivity contribution is 8.04. The fourth-order valence-electron chi connectivity index (χ4n) is 2.39. The number of nitrogens with zero attached hydrogens (tertiary/aromatic N) is 1. The Kier molecular flexibility index (Phi) is 8.49. The van der Waals surface area contributed by atoms with Gasteiger partial charge in [0.05, 0.1) is 11.5 Å². The van der Waals surface area contributed by atoms with E-state index in [0.717, 1.165) is 9.27 Å². The summed E-state index contributed by atoms with van der Waals surface area (Å²) in [5, 5.41) is 0.